The van der Waals surface area contributed by atoms with Crippen LogP contribution in [0.4, 0.5) is 4.39 Å². The largest absolute Gasteiger partial charge is 0.494 e. The summed E-state index contributed by atoms with van der Waals surface area (Å²) in [6.07, 6.45) is 1.14. The van der Waals surface area contributed by atoms with E-state index in [1.165, 1.54) is 7.11 Å². The second-order valence-electron chi connectivity index (χ2n) is 4.91. The Labute approximate surface area is 108 Å². The molecule has 0 spiro atoms. The summed E-state index contributed by atoms with van der Waals surface area (Å²) in [4.78, 5) is 2.37. The molecule has 0 aliphatic carbocycles. The Kier molecular flexibility index (Phi) is 4.55. The van der Waals surface area contributed by atoms with E-state index in [1.54, 1.807) is 12.1 Å². The van der Waals surface area contributed by atoms with Gasteiger partial charge in [-0.1, -0.05) is 6.07 Å². The van der Waals surface area contributed by atoms with Crippen LogP contribution in [0, 0.1) is 5.82 Å². The Morgan fingerprint density at radius 3 is 3.06 bits per heavy atom. The Morgan fingerprint density at radius 1 is 1.50 bits per heavy atom. The second kappa shape index (κ2) is 6.16. The van der Waals surface area contributed by atoms with Gasteiger partial charge in [0.25, 0.3) is 0 Å². The number of hydrogen-bond acceptors (Lipinski definition) is 3. The number of hydrogen-bond donors (Lipinski definition) is 1. The zero-order valence-electron chi connectivity index (χ0n) is 11.1. The second-order valence-corrected chi connectivity index (χ2v) is 4.91. The summed E-state index contributed by atoms with van der Waals surface area (Å²) in [7, 11) is 1.49. The van der Waals surface area contributed by atoms with E-state index in [9.17, 15) is 4.39 Å². The van der Waals surface area contributed by atoms with Crippen molar-refractivity contribution >= 4 is 0 Å². The fourth-order valence-electron chi connectivity index (χ4n) is 2.40. The molecule has 2 rings (SSSR count). The first-order valence-electron chi connectivity index (χ1n) is 6.47. The molecular weight excluding hydrogens is 231 g/mol. The van der Waals surface area contributed by atoms with Crippen molar-refractivity contribution in [3.63, 3.8) is 0 Å². The molecule has 1 aromatic rings. The molecule has 0 bridgehead atoms. The first-order chi connectivity index (χ1) is 8.69. The van der Waals surface area contributed by atoms with Crippen LogP contribution in [-0.4, -0.2) is 37.7 Å². The van der Waals surface area contributed by atoms with Crippen LogP contribution >= 0.6 is 0 Å². The van der Waals surface area contributed by atoms with Crippen molar-refractivity contribution in [2.75, 3.05) is 26.7 Å². The van der Waals surface area contributed by atoms with Crippen LogP contribution in [0.2, 0.25) is 0 Å². The third-order valence-corrected chi connectivity index (χ3v) is 3.30. The molecule has 1 saturated heterocycles. The van der Waals surface area contributed by atoms with Gasteiger partial charge in [0.2, 0.25) is 0 Å². The average molecular weight is 252 g/mol. The smallest absolute Gasteiger partial charge is 0.165 e. The average Bonchev–Trinajstić information content (AvgIpc) is 2.54. The molecule has 1 unspecified atom stereocenters. The maximum Gasteiger partial charge on any atom is 0.165 e. The first kappa shape index (κ1) is 13.3. The van der Waals surface area contributed by atoms with E-state index >= 15 is 0 Å². The van der Waals surface area contributed by atoms with Gasteiger partial charge >= 0.3 is 0 Å². The number of ether oxygens (including phenoxy) is 1. The lowest BCUT2D eigenvalue weighted by Crippen LogP contribution is -2.34. The lowest BCUT2D eigenvalue weighted by molar-refractivity contribution is 0.264. The standard InChI is InChI=1S/C14H21FN2O/c1-11-9-17(7-3-6-16-11)10-12-4-5-14(18-2)13(15)8-12/h4-5,8,11,16H,3,6-7,9-10H2,1-2H3. The molecule has 1 aromatic carbocycles. The molecule has 0 saturated carbocycles. The first-order valence-corrected chi connectivity index (χ1v) is 6.47. The van der Waals surface area contributed by atoms with E-state index in [0.29, 0.717) is 11.8 Å². The maximum absolute atomic E-state index is 13.6. The minimum atomic E-state index is -0.281. The van der Waals surface area contributed by atoms with E-state index in [-0.39, 0.29) is 5.82 Å². The van der Waals surface area contributed by atoms with Crippen LogP contribution in [0.3, 0.4) is 0 Å². The van der Waals surface area contributed by atoms with Gasteiger partial charge in [-0.2, -0.15) is 0 Å². The highest BCUT2D eigenvalue weighted by Gasteiger charge is 2.14. The number of rotatable bonds is 3. The maximum atomic E-state index is 13.6. The fourth-order valence-corrected chi connectivity index (χ4v) is 2.40. The van der Waals surface area contributed by atoms with Crippen molar-refractivity contribution in [1.29, 1.82) is 0 Å². The molecule has 1 heterocycles. The highest BCUT2D eigenvalue weighted by Crippen LogP contribution is 2.19. The number of halogens is 1. The van der Waals surface area contributed by atoms with Crippen molar-refractivity contribution in [2.24, 2.45) is 0 Å². The van der Waals surface area contributed by atoms with Gasteiger partial charge in [-0.05, 0) is 44.1 Å². The predicted molar refractivity (Wildman–Crippen MR) is 70.3 cm³/mol. The zero-order chi connectivity index (χ0) is 13.0. The van der Waals surface area contributed by atoms with Gasteiger partial charge in [0.15, 0.2) is 11.6 Å². The number of benzene rings is 1. The van der Waals surface area contributed by atoms with Crippen LogP contribution in [0.25, 0.3) is 0 Å². The molecule has 0 radical (unpaired) electrons. The van der Waals surface area contributed by atoms with Crippen molar-refractivity contribution in [2.45, 2.75) is 25.9 Å². The summed E-state index contributed by atoms with van der Waals surface area (Å²) in [5, 5.41) is 3.45. The van der Waals surface area contributed by atoms with Gasteiger partial charge in [0, 0.05) is 19.1 Å². The molecule has 1 atom stereocenters. The normalized spacial score (nSPS) is 21.6. The molecule has 1 fully saturated rings. The summed E-state index contributed by atoms with van der Waals surface area (Å²) in [6.45, 7) is 6.12. The Balaban J connectivity index is 2.01. The summed E-state index contributed by atoms with van der Waals surface area (Å²) in [5.74, 6) is 0.0284. The van der Waals surface area contributed by atoms with Crippen LogP contribution in [0.5, 0.6) is 5.75 Å². The molecule has 100 valence electrons. The van der Waals surface area contributed by atoms with Crippen molar-refractivity contribution in [3.05, 3.63) is 29.6 Å². The van der Waals surface area contributed by atoms with Gasteiger partial charge in [-0.25, -0.2) is 4.39 Å². The van der Waals surface area contributed by atoms with E-state index in [1.807, 2.05) is 6.07 Å². The molecule has 0 amide bonds. The van der Waals surface area contributed by atoms with Crippen LogP contribution in [-0.2, 0) is 6.54 Å². The number of nitrogens with zero attached hydrogens (tertiary/aromatic N) is 1. The SMILES string of the molecule is COc1ccc(CN2CCCNC(C)C2)cc1F. The Bertz CT molecular complexity index is 397. The third-order valence-electron chi connectivity index (χ3n) is 3.30. The number of nitrogens with one attached hydrogen (secondary N) is 1. The minimum Gasteiger partial charge on any atom is -0.494 e. The lowest BCUT2D eigenvalue weighted by Gasteiger charge is -2.22. The van der Waals surface area contributed by atoms with Crippen LogP contribution in [0.15, 0.2) is 18.2 Å². The van der Waals surface area contributed by atoms with Gasteiger partial charge in [-0.3, -0.25) is 4.90 Å². The molecule has 4 heteroatoms. The minimum absolute atomic E-state index is 0.281. The lowest BCUT2D eigenvalue weighted by atomic mass is 10.2. The van der Waals surface area contributed by atoms with Crippen molar-refractivity contribution in [3.8, 4) is 5.75 Å². The third kappa shape index (κ3) is 3.43. The van der Waals surface area contributed by atoms with Gasteiger partial charge < -0.3 is 10.1 Å². The van der Waals surface area contributed by atoms with Gasteiger partial charge in [0.05, 0.1) is 7.11 Å². The van der Waals surface area contributed by atoms with E-state index < -0.39 is 0 Å². The highest BCUT2D eigenvalue weighted by atomic mass is 19.1. The van der Waals surface area contributed by atoms with E-state index in [4.69, 9.17) is 4.74 Å². The zero-order valence-corrected chi connectivity index (χ0v) is 11.1. The predicted octanol–water partition coefficient (Wildman–Crippen LogP) is 2.02. The van der Waals surface area contributed by atoms with Crippen molar-refractivity contribution < 1.29 is 9.13 Å². The Hall–Kier alpha value is -1.13. The Morgan fingerprint density at radius 2 is 2.33 bits per heavy atom. The van der Waals surface area contributed by atoms with E-state index in [0.717, 1.165) is 38.2 Å². The molecule has 1 N–H and O–H groups in total. The quantitative estimate of drug-likeness (QED) is 0.890. The van der Waals surface area contributed by atoms with E-state index in [2.05, 4.69) is 17.1 Å². The van der Waals surface area contributed by atoms with Gasteiger partial charge in [0.1, 0.15) is 0 Å². The fraction of sp³-hybridized carbons (Fsp3) is 0.571. The summed E-state index contributed by atoms with van der Waals surface area (Å²) in [6, 6.07) is 5.70. The molecule has 3 nitrogen and oxygen atoms in total. The molecule has 1 aliphatic rings. The number of methoxy groups -OCH3 is 1. The molecule has 1 aliphatic heterocycles. The molecular formula is C14H21FN2O. The molecule has 0 aromatic heterocycles. The summed E-state index contributed by atoms with van der Waals surface area (Å²) < 4.78 is 18.5. The van der Waals surface area contributed by atoms with Crippen LogP contribution < -0.4 is 10.1 Å². The monoisotopic (exact) mass is 252 g/mol. The highest BCUT2D eigenvalue weighted by molar-refractivity contribution is 5.29. The summed E-state index contributed by atoms with van der Waals surface area (Å²) >= 11 is 0. The van der Waals surface area contributed by atoms with Crippen molar-refractivity contribution in [1.82, 2.24) is 10.2 Å². The van der Waals surface area contributed by atoms with Gasteiger partial charge in [-0.15, -0.1) is 0 Å². The topological polar surface area (TPSA) is 24.5 Å². The molecule has 18 heavy (non-hydrogen) atoms. The van der Waals surface area contributed by atoms with Crippen LogP contribution in [0.1, 0.15) is 18.9 Å². The summed E-state index contributed by atoms with van der Waals surface area (Å²) in [5.41, 5.74) is 1.00.